The monoisotopic (exact) mass is 302 g/mol. The Morgan fingerprint density at radius 3 is 2.48 bits per heavy atom. The largest absolute Gasteiger partial charge is 0.294 e. The average molecular weight is 302 g/mol. The first-order valence-corrected chi connectivity index (χ1v) is 8.08. The van der Waals surface area contributed by atoms with Crippen molar-refractivity contribution in [2.75, 3.05) is 19.8 Å². The molecule has 21 heavy (non-hydrogen) atoms. The quantitative estimate of drug-likeness (QED) is 0.804. The van der Waals surface area contributed by atoms with Crippen molar-refractivity contribution in [3.8, 4) is 0 Å². The van der Waals surface area contributed by atoms with Crippen molar-refractivity contribution in [3.05, 3.63) is 40.8 Å². The highest BCUT2D eigenvalue weighted by Gasteiger charge is 2.36. The van der Waals surface area contributed by atoms with Gasteiger partial charge in [0.1, 0.15) is 0 Å². The van der Waals surface area contributed by atoms with Gasteiger partial charge >= 0.3 is 0 Å². The maximum absolute atomic E-state index is 12.4. The Morgan fingerprint density at radius 2 is 1.76 bits per heavy atom. The van der Waals surface area contributed by atoms with Crippen LogP contribution in [-0.2, 0) is 4.79 Å². The van der Waals surface area contributed by atoms with E-state index in [0.717, 1.165) is 43.3 Å². The molecule has 4 nitrogen and oxygen atoms in total. The lowest BCUT2D eigenvalue weighted by molar-refractivity contribution is -0.124. The number of rotatable bonds is 3. The maximum Gasteiger partial charge on any atom is 0.294 e. The number of thioether (sulfide) groups is 1. The molecule has 0 saturated carbocycles. The number of amides is 2. The fourth-order valence-electron chi connectivity index (χ4n) is 2.62. The molecule has 2 heterocycles. The average Bonchev–Trinajstić information content (AvgIpc) is 2.77. The molecule has 110 valence electrons. The lowest BCUT2D eigenvalue weighted by atomic mass is 10.1. The zero-order valence-electron chi connectivity index (χ0n) is 11.8. The van der Waals surface area contributed by atoms with Crippen LogP contribution >= 0.6 is 11.8 Å². The van der Waals surface area contributed by atoms with E-state index in [2.05, 4.69) is 4.90 Å². The van der Waals surface area contributed by atoms with Crippen LogP contribution in [0.3, 0.4) is 0 Å². The Bertz CT molecular complexity index is 565. The van der Waals surface area contributed by atoms with Gasteiger partial charge in [0.25, 0.3) is 11.1 Å². The minimum absolute atomic E-state index is 0.159. The minimum Gasteiger partial charge on any atom is -0.286 e. The molecule has 0 N–H and O–H groups in total. The molecule has 0 spiro atoms. The zero-order chi connectivity index (χ0) is 14.7. The molecule has 2 fully saturated rings. The number of benzene rings is 1. The summed E-state index contributed by atoms with van der Waals surface area (Å²) in [6.45, 7) is 2.37. The Morgan fingerprint density at radius 1 is 1.05 bits per heavy atom. The number of likely N-dealkylation sites (tertiary alicyclic amines) is 1. The van der Waals surface area contributed by atoms with Crippen molar-refractivity contribution in [3.63, 3.8) is 0 Å². The van der Waals surface area contributed by atoms with E-state index in [1.165, 1.54) is 11.3 Å². The summed E-state index contributed by atoms with van der Waals surface area (Å²) in [5, 5.41) is -0.159. The van der Waals surface area contributed by atoms with Gasteiger partial charge in [0.2, 0.25) is 0 Å². The van der Waals surface area contributed by atoms with Gasteiger partial charge in [0.05, 0.1) is 11.6 Å². The summed E-state index contributed by atoms with van der Waals surface area (Å²) in [4.78, 5) is 28.5. The molecule has 0 aromatic heterocycles. The summed E-state index contributed by atoms with van der Waals surface area (Å²) in [7, 11) is 0. The highest BCUT2D eigenvalue weighted by atomic mass is 32.2. The number of carbonyl (C=O) groups is 2. The van der Waals surface area contributed by atoms with Crippen LogP contribution in [-0.4, -0.2) is 40.7 Å². The third-order valence-electron chi connectivity index (χ3n) is 3.76. The molecule has 0 radical (unpaired) electrons. The van der Waals surface area contributed by atoms with Gasteiger partial charge in [0, 0.05) is 0 Å². The molecule has 5 heteroatoms. The highest BCUT2D eigenvalue weighted by molar-refractivity contribution is 8.18. The van der Waals surface area contributed by atoms with Crippen LogP contribution < -0.4 is 0 Å². The second kappa shape index (κ2) is 6.45. The maximum atomic E-state index is 12.4. The second-order valence-electron chi connectivity index (χ2n) is 5.34. The van der Waals surface area contributed by atoms with Crippen molar-refractivity contribution in [2.24, 2.45) is 0 Å². The van der Waals surface area contributed by atoms with Gasteiger partial charge in [-0.05, 0) is 49.3 Å². The molecule has 2 saturated heterocycles. The summed E-state index contributed by atoms with van der Waals surface area (Å²) in [6.07, 6.45) is 5.33. The fraction of sp³-hybridized carbons (Fsp3) is 0.375. The molecule has 0 unspecified atom stereocenters. The topological polar surface area (TPSA) is 40.6 Å². The standard InChI is InChI=1S/C16H18N2O2S/c19-15-14(11-13-7-3-1-4-8-13)21-16(20)18(15)12-17-9-5-2-6-10-17/h1,3-4,7-8,11H,2,5-6,9-10,12H2/b14-11+. The first kappa shape index (κ1) is 14.4. The number of piperidine rings is 1. The minimum atomic E-state index is -0.167. The number of imide groups is 1. The smallest absolute Gasteiger partial charge is 0.286 e. The van der Waals surface area contributed by atoms with Crippen LogP contribution in [0, 0.1) is 0 Å². The normalized spacial score (nSPS) is 22.3. The van der Waals surface area contributed by atoms with E-state index in [-0.39, 0.29) is 11.1 Å². The fourth-order valence-corrected chi connectivity index (χ4v) is 3.45. The van der Waals surface area contributed by atoms with Gasteiger partial charge in [0.15, 0.2) is 0 Å². The van der Waals surface area contributed by atoms with Gasteiger partial charge in [-0.15, -0.1) is 0 Å². The third kappa shape index (κ3) is 3.36. The number of hydrogen-bond acceptors (Lipinski definition) is 4. The molecular formula is C16H18N2O2S. The van der Waals surface area contributed by atoms with Crippen LogP contribution in [0.2, 0.25) is 0 Å². The van der Waals surface area contributed by atoms with Gasteiger partial charge in [-0.3, -0.25) is 19.4 Å². The number of hydrogen-bond donors (Lipinski definition) is 0. The van der Waals surface area contributed by atoms with Crippen LogP contribution in [0.5, 0.6) is 0 Å². The summed E-state index contributed by atoms with van der Waals surface area (Å²) < 4.78 is 0. The van der Waals surface area contributed by atoms with Crippen LogP contribution in [0.25, 0.3) is 6.08 Å². The Kier molecular flexibility index (Phi) is 4.41. The van der Waals surface area contributed by atoms with Crippen LogP contribution in [0.1, 0.15) is 24.8 Å². The van der Waals surface area contributed by atoms with E-state index in [1.807, 2.05) is 30.3 Å². The molecule has 2 aliphatic rings. The number of nitrogens with zero attached hydrogens (tertiary/aromatic N) is 2. The lowest BCUT2D eigenvalue weighted by Gasteiger charge is -2.29. The molecule has 2 aliphatic heterocycles. The molecule has 1 aromatic rings. The Balaban J connectivity index is 1.71. The Labute approximate surface area is 128 Å². The van der Waals surface area contributed by atoms with E-state index in [4.69, 9.17) is 0 Å². The van der Waals surface area contributed by atoms with E-state index >= 15 is 0 Å². The van der Waals surface area contributed by atoms with Gasteiger partial charge in [-0.2, -0.15) is 0 Å². The van der Waals surface area contributed by atoms with Crippen molar-refractivity contribution in [1.29, 1.82) is 0 Å². The molecule has 0 atom stereocenters. The molecule has 3 rings (SSSR count). The highest BCUT2D eigenvalue weighted by Crippen LogP contribution is 2.32. The molecule has 1 aromatic carbocycles. The SMILES string of the molecule is O=C1S/C(=C/c2ccccc2)C(=O)N1CN1CCCCC1. The third-order valence-corrected chi connectivity index (χ3v) is 4.67. The summed E-state index contributed by atoms with van der Waals surface area (Å²) in [5.41, 5.74) is 0.945. The predicted octanol–water partition coefficient (Wildman–Crippen LogP) is 3.17. The van der Waals surface area contributed by atoms with Crippen LogP contribution in [0.4, 0.5) is 4.79 Å². The predicted molar refractivity (Wildman–Crippen MR) is 84.5 cm³/mol. The van der Waals surface area contributed by atoms with E-state index in [9.17, 15) is 9.59 Å². The first-order valence-electron chi connectivity index (χ1n) is 7.27. The van der Waals surface area contributed by atoms with Gasteiger partial charge in [-0.25, -0.2) is 0 Å². The number of carbonyl (C=O) groups excluding carboxylic acids is 2. The zero-order valence-corrected chi connectivity index (χ0v) is 12.6. The lowest BCUT2D eigenvalue weighted by Crippen LogP contribution is -2.42. The van der Waals surface area contributed by atoms with Crippen molar-refractivity contribution in [2.45, 2.75) is 19.3 Å². The van der Waals surface area contributed by atoms with Gasteiger partial charge < -0.3 is 0 Å². The van der Waals surface area contributed by atoms with E-state index in [1.54, 1.807) is 6.08 Å². The molecule has 0 aliphatic carbocycles. The van der Waals surface area contributed by atoms with Crippen molar-refractivity contribution >= 4 is 29.0 Å². The van der Waals surface area contributed by atoms with E-state index in [0.29, 0.717) is 11.6 Å². The second-order valence-corrected chi connectivity index (χ2v) is 6.33. The summed E-state index contributed by atoms with van der Waals surface area (Å²) in [5.74, 6) is -0.167. The van der Waals surface area contributed by atoms with Crippen LogP contribution in [0.15, 0.2) is 35.2 Å². The Hall–Kier alpha value is -1.59. The van der Waals surface area contributed by atoms with Crippen molar-refractivity contribution in [1.82, 2.24) is 9.80 Å². The first-order chi connectivity index (χ1) is 10.2. The van der Waals surface area contributed by atoms with Gasteiger partial charge in [-0.1, -0.05) is 36.8 Å². The molecule has 0 bridgehead atoms. The van der Waals surface area contributed by atoms with E-state index < -0.39 is 0 Å². The molecule has 2 amide bonds. The summed E-state index contributed by atoms with van der Waals surface area (Å²) in [6, 6.07) is 9.63. The molecular weight excluding hydrogens is 284 g/mol. The van der Waals surface area contributed by atoms with Crippen molar-refractivity contribution < 1.29 is 9.59 Å². The summed E-state index contributed by atoms with van der Waals surface area (Å²) >= 11 is 1.04.